The predicted molar refractivity (Wildman–Crippen MR) is 70.6 cm³/mol. The molecule has 4 heteroatoms. The number of hydrogen-bond donors (Lipinski definition) is 0. The Labute approximate surface area is 106 Å². The Morgan fingerprint density at radius 3 is 1.94 bits per heavy atom. The molecule has 17 heavy (non-hydrogen) atoms. The van der Waals surface area contributed by atoms with E-state index in [-0.39, 0.29) is 5.97 Å². The van der Waals surface area contributed by atoms with Gasteiger partial charge in [-0.2, -0.15) is 0 Å². The Balaban J connectivity index is 3.81. The summed E-state index contributed by atoms with van der Waals surface area (Å²) < 4.78 is 7.00. The summed E-state index contributed by atoms with van der Waals surface area (Å²) in [5, 5.41) is 0. The van der Waals surface area contributed by atoms with Gasteiger partial charge >= 0.3 is 5.97 Å². The van der Waals surface area contributed by atoms with E-state index in [4.69, 9.17) is 4.74 Å². The van der Waals surface area contributed by atoms with Gasteiger partial charge in [-0.1, -0.05) is 0 Å². The molecule has 0 aromatic carbocycles. The van der Waals surface area contributed by atoms with Crippen LogP contribution >= 0.6 is 0 Å². The third kappa shape index (κ3) is 8.16. The van der Waals surface area contributed by atoms with Crippen LogP contribution in [0, 0.1) is 0 Å². The van der Waals surface area contributed by atoms with E-state index in [0.717, 1.165) is 35.1 Å². The maximum atomic E-state index is 11.6. The van der Waals surface area contributed by atoms with Crippen molar-refractivity contribution in [1.29, 1.82) is 0 Å². The molecule has 0 rings (SSSR count). The highest BCUT2D eigenvalue weighted by atomic mass is 16.5. The molecule has 0 bridgehead atoms. The summed E-state index contributed by atoms with van der Waals surface area (Å²) in [5.74, 6) is -0.0651. The van der Waals surface area contributed by atoms with E-state index in [1.54, 1.807) is 0 Å². The fourth-order valence-electron chi connectivity index (χ4n) is 1.41. The average molecular weight is 246 g/mol. The minimum atomic E-state index is -0.0651. The van der Waals surface area contributed by atoms with Crippen LogP contribution in [0.5, 0.6) is 0 Å². The zero-order valence-electron chi connectivity index (χ0n) is 12.5. The Hall–Kier alpha value is -0.610. The molecule has 0 aliphatic carbocycles. The fraction of sp³-hybridized carbons (Fsp3) is 0.923. The molecular formula is C13H30N2O2+2. The van der Waals surface area contributed by atoms with Crippen molar-refractivity contribution in [3.05, 3.63) is 0 Å². The molecule has 0 amide bonds. The smallest absolute Gasteiger partial charge is 0.311 e. The van der Waals surface area contributed by atoms with Gasteiger partial charge in [-0.3, -0.25) is 4.79 Å². The third-order valence-corrected chi connectivity index (χ3v) is 3.41. The van der Waals surface area contributed by atoms with Crippen molar-refractivity contribution in [2.45, 2.75) is 20.3 Å². The van der Waals surface area contributed by atoms with Gasteiger partial charge in [0.2, 0.25) is 0 Å². The van der Waals surface area contributed by atoms with Gasteiger partial charge in [0.15, 0.2) is 0 Å². The van der Waals surface area contributed by atoms with E-state index < -0.39 is 0 Å². The number of hydrogen-bond acceptors (Lipinski definition) is 2. The van der Waals surface area contributed by atoms with Crippen molar-refractivity contribution in [3.63, 3.8) is 0 Å². The van der Waals surface area contributed by atoms with Crippen LogP contribution in [0.3, 0.4) is 0 Å². The normalized spacial score (nSPS) is 12.6. The number of carbonyl (C=O) groups is 1. The monoisotopic (exact) mass is 246 g/mol. The zero-order valence-corrected chi connectivity index (χ0v) is 12.5. The van der Waals surface area contributed by atoms with E-state index >= 15 is 0 Å². The Morgan fingerprint density at radius 1 is 1.00 bits per heavy atom. The first kappa shape index (κ1) is 16.4. The number of nitrogens with zero attached hydrogens (tertiary/aromatic N) is 2. The second-order valence-corrected chi connectivity index (χ2v) is 5.96. The van der Waals surface area contributed by atoms with Crippen molar-refractivity contribution < 1.29 is 18.5 Å². The van der Waals surface area contributed by atoms with Crippen LogP contribution in [-0.2, 0) is 9.53 Å². The summed E-state index contributed by atoms with van der Waals surface area (Å²) in [6, 6.07) is 0. The second kappa shape index (κ2) is 6.97. The molecule has 0 aromatic heterocycles. The molecule has 102 valence electrons. The number of esters is 1. The first-order chi connectivity index (χ1) is 7.72. The van der Waals surface area contributed by atoms with Gasteiger partial charge in [0.1, 0.15) is 13.2 Å². The van der Waals surface area contributed by atoms with Crippen LogP contribution in [0.1, 0.15) is 20.3 Å². The Bertz CT molecular complexity index is 230. The molecule has 0 atom stereocenters. The van der Waals surface area contributed by atoms with Gasteiger partial charge in [-0.15, -0.1) is 0 Å². The van der Waals surface area contributed by atoms with Crippen LogP contribution in [0.25, 0.3) is 0 Å². The summed E-state index contributed by atoms with van der Waals surface area (Å²) in [6.45, 7) is 8.68. The highest BCUT2D eigenvalue weighted by Gasteiger charge is 2.19. The summed E-state index contributed by atoms with van der Waals surface area (Å²) in [7, 11) is 8.46. The van der Waals surface area contributed by atoms with Crippen LogP contribution in [0.4, 0.5) is 0 Å². The van der Waals surface area contributed by atoms with Gasteiger partial charge in [-0.25, -0.2) is 0 Å². The summed E-state index contributed by atoms with van der Waals surface area (Å²) >= 11 is 0. The molecule has 0 saturated heterocycles. The van der Waals surface area contributed by atoms with Gasteiger partial charge in [0, 0.05) is 0 Å². The minimum Gasteiger partial charge on any atom is -0.460 e. The molecule has 0 heterocycles. The van der Waals surface area contributed by atoms with E-state index in [1.165, 1.54) is 0 Å². The lowest BCUT2D eigenvalue weighted by Crippen LogP contribution is -2.45. The number of rotatable bonds is 8. The molecule has 4 nitrogen and oxygen atoms in total. The van der Waals surface area contributed by atoms with Gasteiger partial charge < -0.3 is 13.7 Å². The standard InChI is InChI=1S/C13H30N2O2/c1-7-15(6,8-2)10-9-13(16)17-12-11-14(3,4)5/h7-12H2,1-6H3/q+2. The van der Waals surface area contributed by atoms with Crippen molar-refractivity contribution in [1.82, 2.24) is 0 Å². The van der Waals surface area contributed by atoms with Crippen LogP contribution in [-0.4, -0.2) is 75.9 Å². The first-order valence-corrected chi connectivity index (χ1v) is 6.52. The molecule has 0 aliphatic heterocycles. The van der Waals surface area contributed by atoms with Crippen molar-refractivity contribution in [3.8, 4) is 0 Å². The number of likely N-dealkylation sites (N-methyl/N-ethyl adjacent to an activating group) is 1. The van der Waals surface area contributed by atoms with Crippen molar-refractivity contribution >= 4 is 5.97 Å². The Morgan fingerprint density at radius 2 is 1.53 bits per heavy atom. The van der Waals surface area contributed by atoms with E-state index in [2.05, 4.69) is 42.0 Å². The highest BCUT2D eigenvalue weighted by Crippen LogP contribution is 2.03. The quantitative estimate of drug-likeness (QED) is 0.474. The molecular weight excluding hydrogens is 216 g/mol. The Kier molecular flexibility index (Phi) is 6.72. The molecule has 0 spiro atoms. The summed E-state index contributed by atoms with van der Waals surface area (Å²) in [5.41, 5.74) is 0. The minimum absolute atomic E-state index is 0.0651. The summed E-state index contributed by atoms with van der Waals surface area (Å²) in [4.78, 5) is 11.6. The second-order valence-electron chi connectivity index (χ2n) is 5.96. The third-order valence-electron chi connectivity index (χ3n) is 3.41. The lowest BCUT2D eigenvalue weighted by molar-refractivity contribution is -0.905. The van der Waals surface area contributed by atoms with E-state index in [0.29, 0.717) is 13.0 Å². The molecule has 0 saturated carbocycles. The largest absolute Gasteiger partial charge is 0.460 e. The lowest BCUT2D eigenvalue weighted by Gasteiger charge is -2.31. The lowest BCUT2D eigenvalue weighted by atomic mass is 10.3. The molecule has 0 N–H and O–H groups in total. The average Bonchev–Trinajstić information content (AvgIpc) is 2.24. The molecule has 0 unspecified atom stereocenters. The number of carbonyl (C=O) groups excluding carboxylic acids is 1. The van der Waals surface area contributed by atoms with Gasteiger partial charge in [0.05, 0.1) is 54.2 Å². The SMILES string of the molecule is CC[N+](C)(CC)CCC(=O)OCC[N+](C)(C)C. The van der Waals surface area contributed by atoms with E-state index in [1.807, 2.05) is 0 Å². The molecule has 0 fully saturated rings. The van der Waals surface area contributed by atoms with Crippen molar-refractivity contribution in [2.24, 2.45) is 0 Å². The zero-order chi connectivity index (χ0) is 13.5. The molecule has 0 aliphatic rings. The van der Waals surface area contributed by atoms with Crippen LogP contribution in [0.15, 0.2) is 0 Å². The number of quaternary nitrogens is 2. The molecule has 0 aromatic rings. The van der Waals surface area contributed by atoms with Gasteiger partial charge in [-0.05, 0) is 13.8 Å². The highest BCUT2D eigenvalue weighted by molar-refractivity contribution is 5.69. The van der Waals surface area contributed by atoms with Crippen LogP contribution < -0.4 is 0 Å². The maximum absolute atomic E-state index is 11.6. The summed E-state index contributed by atoms with van der Waals surface area (Å²) in [6.07, 6.45) is 0.523. The predicted octanol–water partition coefficient (Wildman–Crippen LogP) is 1.11. The van der Waals surface area contributed by atoms with Gasteiger partial charge in [0.25, 0.3) is 0 Å². The van der Waals surface area contributed by atoms with Crippen molar-refractivity contribution in [2.75, 3.05) is 61.0 Å². The molecule has 0 radical (unpaired) electrons. The number of ether oxygens (including phenoxy) is 1. The maximum Gasteiger partial charge on any atom is 0.311 e. The topological polar surface area (TPSA) is 26.3 Å². The fourth-order valence-corrected chi connectivity index (χ4v) is 1.41. The van der Waals surface area contributed by atoms with E-state index in [9.17, 15) is 4.79 Å². The first-order valence-electron chi connectivity index (χ1n) is 6.52. The van der Waals surface area contributed by atoms with Crippen LogP contribution in [0.2, 0.25) is 0 Å².